The van der Waals surface area contributed by atoms with Crippen LogP contribution >= 0.6 is 0 Å². The Labute approximate surface area is 133 Å². The van der Waals surface area contributed by atoms with Gasteiger partial charge in [-0.3, -0.25) is 4.90 Å². The second-order valence-corrected chi connectivity index (χ2v) is 6.65. The first-order valence-electron chi connectivity index (χ1n) is 8.48. The van der Waals surface area contributed by atoms with Crippen LogP contribution in [-0.4, -0.2) is 41.7 Å². The first-order valence-corrected chi connectivity index (χ1v) is 8.48. The molecule has 2 aliphatic rings. The molecule has 2 heterocycles. The molecule has 0 radical (unpaired) electrons. The van der Waals surface area contributed by atoms with Gasteiger partial charge < -0.3 is 9.47 Å². The average Bonchev–Trinajstić information content (AvgIpc) is 2.96. The van der Waals surface area contributed by atoms with Crippen LogP contribution in [-0.2, 0) is 19.9 Å². The number of nitrogens with zero attached hydrogens (tertiary/aromatic N) is 3. The number of rotatable bonds is 2. The number of anilines is 1. The van der Waals surface area contributed by atoms with E-state index in [1.165, 1.54) is 38.0 Å². The van der Waals surface area contributed by atoms with Crippen LogP contribution in [0.15, 0.2) is 42.6 Å². The topological polar surface area (TPSA) is 11.4 Å². The van der Waals surface area contributed by atoms with Crippen molar-refractivity contribution >= 4 is 5.69 Å². The monoisotopic (exact) mass is 295 g/mol. The van der Waals surface area contributed by atoms with Gasteiger partial charge in [-0.05, 0) is 36.6 Å². The highest BCUT2D eigenvalue weighted by Gasteiger charge is 2.28. The minimum atomic E-state index is 0.735. The zero-order valence-corrected chi connectivity index (χ0v) is 13.4. The summed E-state index contributed by atoms with van der Waals surface area (Å²) in [4.78, 5) is 5.24. The predicted molar refractivity (Wildman–Crippen MR) is 91.5 cm³/mol. The summed E-state index contributed by atoms with van der Waals surface area (Å²) >= 11 is 0. The van der Waals surface area contributed by atoms with Crippen molar-refractivity contribution in [3.63, 3.8) is 0 Å². The lowest BCUT2D eigenvalue weighted by Crippen LogP contribution is -2.51. The number of fused-ring (bicyclic) bond motifs is 1. The van der Waals surface area contributed by atoms with Crippen molar-refractivity contribution in [2.24, 2.45) is 7.05 Å². The van der Waals surface area contributed by atoms with Crippen LogP contribution in [0.5, 0.6) is 0 Å². The highest BCUT2D eigenvalue weighted by atomic mass is 15.3. The van der Waals surface area contributed by atoms with E-state index in [0.29, 0.717) is 0 Å². The van der Waals surface area contributed by atoms with Crippen LogP contribution in [0.3, 0.4) is 0 Å². The van der Waals surface area contributed by atoms with Gasteiger partial charge >= 0.3 is 0 Å². The fourth-order valence-electron chi connectivity index (χ4n) is 4.06. The van der Waals surface area contributed by atoms with Crippen molar-refractivity contribution < 1.29 is 0 Å². The van der Waals surface area contributed by atoms with Gasteiger partial charge in [0.25, 0.3) is 0 Å². The maximum Gasteiger partial charge on any atom is 0.0367 e. The minimum absolute atomic E-state index is 0.735. The number of piperazine rings is 1. The normalized spacial score (nSPS) is 22.6. The van der Waals surface area contributed by atoms with Gasteiger partial charge in [0.2, 0.25) is 0 Å². The van der Waals surface area contributed by atoms with Gasteiger partial charge in [-0.1, -0.05) is 18.2 Å². The molecular weight excluding hydrogens is 270 g/mol. The number of aromatic nitrogens is 1. The number of benzene rings is 1. The van der Waals surface area contributed by atoms with Crippen LogP contribution in [0, 0.1) is 0 Å². The van der Waals surface area contributed by atoms with Crippen molar-refractivity contribution in [3.8, 4) is 0 Å². The second-order valence-electron chi connectivity index (χ2n) is 6.65. The lowest BCUT2D eigenvalue weighted by molar-refractivity contribution is 0.168. The SMILES string of the molecule is Cn1ccc2c1CC(N1CCN(c3ccccc3)CC1)CC2. The Morgan fingerprint density at radius 3 is 2.50 bits per heavy atom. The van der Waals surface area contributed by atoms with Crippen molar-refractivity contribution in [2.75, 3.05) is 31.1 Å². The third kappa shape index (κ3) is 2.54. The highest BCUT2D eigenvalue weighted by molar-refractivity contribution is 5.46. The number of hydrogen-bond donors (Lipinski definition) is 0. The van der Waals surface area contributed by atoms with E-state index in [1.54, 1.807) is 11.3 Å². The van der Waals surface area contributed by atoms with E-state index >= 15 is 0 Å². The molecule has 1 fully saturated rings. The molecule has 0 saturated carbocycles. The zero-order valence-electron chi connectivity index (χ0n) is 13.4. The molecule has 1 aliphatic heterocycles. The maximum atomic E-state index is 2.72. The third-order valence-corrected chi connectivity index (χ3v) is 5.42. The molecule has 1 saturated heterocycles. The van der Waals surface area contributed by atoms with Crippen LogP contribution in [0.4, 0.5) is 5.69 Å². The maximum absolute atomic E-state index is 2.72. The van der Waals surface area contributed by atoms with E-state index in [2.05, 4.69) is 64.0 Å². The molecule has 0 amide bonds. The molecule has 0 N–H and O–H groups in total. The summed E-state index contributed by atoms with van der Waals surface area (Å²) in [5.74, 6) is 0. The quantitative estimate of drug-likeness (QED) is 0.844. The Morgan fingerprint density at radius 1 is 0.955 bits per heavy atom. The summed E-state index contributed by atoms with van der Waals surface area (Å²) in [7, 11) is 2.19. The van der Waals surface area contributed by atoms with Gasteiger partial charge in [0.15, 0.2) is 0 Å². The van der Waals surface area contributed by atoms with Gasteiger partial charge in [-0.2, -0.15) is 0 Å². The van der Waals surface area contributed by atoms with Gasteiger partial charge in [-0.25, -0.2) is 0 Å². The molecule has 3 heteroatoms. The molecule has 1 aromatic heterocycles. The first-order chi connectivity index (χ1) is 10.8. The molecule has 3 nitrogen and oxygen atoms in total. The van der Waals surface area contributed by atoms with Crippen molar-refractivity contribution in [2.45, 2.75) is 25.3 Å². The highest BCUT2D eigenvalue weighted by Crippen LogP contribution is 2.26. The Balaban J connectivity index is 1.39. The van der Waals surface area contributed by atoms with Crippen molar-refractivity contribution in [1.82, 2.24) is 9.47 Å². The van der Waals surface area contributed by atoms with Crippen LogP contribution in [0.25, 0.3) is 0 Å². The molecule has 2 aromatic rings. The molecule has 1 unspecified atom stereocenters. The standard InChI is InChI=1S/C19H25N3/c1-20-10-9-16-7-8-18(15-19(16)20)22-13-11-21(12-14-22)17-5-3-2-4-6-17/h2-6,9-10,18H,7-8,11-15H2,1H3. The third-order valence-electron chi connectivity index (χ3n) is 5.42. The molecule has 22 heavy (non-hydrogen) atoms. The van der Waals surface area contributed by atoms with E-state index < -0.39 is 0 Å². The van der Waals surface area contributed by atoms with Gasteiger partial charge in [-0.15, -0.1) is 0 Å². The molecule has 1 aliphatic carbocycles. The van der Waals surface area contributed by atoms with E-state index in [0.717, 1.165) is 19.1 Å². The summed E-state index contributed by atoms with van der Waals surface area (Å²) < 4.78 is 2.32. The lowest BCUT2D eigenvalue weighted by Gasteiger charge is -2.41. The van der Waals surface area contributed by atoms with Crippen LogP contribution < -0.4 is 4.90 Å². The summed E-state index contributed by atoms with van der Waals surface area (Å²) in [5.41, 5.74) is 4.50. The number of aryl methyl sites for hydroxylation is 2. The summed E-state index contributed by atoms with van der Waals surface area (Å²) in [5, 5.41) is 0. The largest absolute Gasteiger partial charge is 0.369 e. The smallest absolute Gasteiger partial charge is 0.0367 e. The summed E-state index contributed by atoms with van der Waals surface area (Å²) in [6.45, 7) is 4.69. The predicted octanol–water partition coefficient (Wildman–Crippen LogP) is 2.70. The molecule has 0 spiro atoms. The number of para-hydroxylation sites is 1. The summed E-state index contributed by atoms with van der Waals surface area (Å²) in [6.07, 6.45) is 6.02. The van der Waals surface area contributed by atoms with E-state index in [4.69, 9.17) is 0 Å². The molecule has 1 atom stereocenters. The summed E-state index contributed by atoms with van der Waals surface area (Å²) in [6, 6.07) is 13.9. The Hall–Kier alpha value is -1.74. The van der Waals surface area contributed by atoms with Crippen LogP contribution in [0.1, 0.15) is 17.7 Å². The molecule has 1 aromatic carbocycles. The Kier molecular flexibility index (Phi) is 3.67. The van der Waals surface area contributed by atoms with E-state index in [1.807, 2.05) is 0 Å². The Bertz CT molecular complexity index is 623. The lowest BCUT2D eigenvalue weighted by atomic mass is 9.92. The minimum Gasteiger partial charge on any atom is -0.369 e. The van der Waals surface area contributed by atoms with Gasteiger partial charge in [0, 0.05) is 63.3 Å². The fraction of sp³-hybridized carbons (Fsp3) is 0.474. The number of hydrogen-bond acceptors (Lipinski definition) is 2. The molecular formula is C19H25N3. The van der Waals surface area contributed by atoms with Crippen molar-refractivity contribution in [3.05, 3.63) is 53.9 Å². The fourth-order valence-corrected chi connectivity index (χ4v) is 4.06. The van der Waals surface area contributed by atoms with Gasteiger partial charge in [0.1, 0.15) is 0 Å². The van der Waals surface area contributed by atoms with E-state index in [-0.39, 0.29) is 0 Å². The average molecular weight is 295 g/mol. The van der Waals surface area contributed by atoms with Crippen LogP contribution in [0.2, 0.25) is 0 Å². The zero-order chi connectivity index (χ0) is 14.9. The molecule has 0 bridgehead atoms. The Morgan fingerprint density at radius 2 is 1.73 bits per heavy atom. The first kappa shape index (κ1) is 13.9. The molecule has 116 valence electrons. The second kappa shape index (κ2) is 5.81. The van der Waals surface area contributed by atoms with Gasteiger partial charge in [0.05, 0.1) is 0 Å². The van der Waals surface area contributed by atoms with E-state index in [9.17, 15) is 0 Å². The van der Waals surface area contributed by atoms with Crippen molar-refractivity contribution in [1.29, 1.82) is 0 Å². The molecule has 4 rings (SSSR count).